The summed E-state index contributed by atoms with van der Waals surface area (Å²) < 4.78 is 4.56. The summed E-state index contributed by atoms with van der Waals surface area (Å²) in [4.78, 5) is 10.9. The minimum atomic E-state index is -0.305. The molecule has 2 bridgehead atoms. The number of rotatable bonds is 1. The van der Waals surface area contributed by atoms with E-state index in [-0.39, 0.29) is 6.09 Å². The number of methoxy groups -OCH3 is 1. The van der Waals surface area contributed by atoms with E-state index in [2.05, 4.69) is 22.2 Å². The van der Waals surface area contributed by atoms with Crippen molar-refractivity contribution in [1.82, 2.24) is 5.32 Å². The molecule has 2 aliphatic carbocycles. The SMILES string of the molecule is COC(=O)NC1[C@@H]2C=C[C@H]1CC2. The van der Waals surface area contributed by atoms with Crippen LogP contribution in [0.4, 0.5) is 4.79 Å². The van der Waals surface area contributed by atoms with Crippen LogP contribution < -0.4 is 5.32 Å². The molecule has 1 N–H and O–H groups in total. The number of carbonyl (C=O) groups excluding carboxylic acids is 1. The van der Waals surface area contributed by atoms with E-state index < -0.39 is 0 Å². The third-order valence-electron chi connectivity index (χ3n) is 2.83. The summed E-state index contributed by atoms with van der Waals surface area (Å²) in [6, 6.07) is 0.303. The minimum absolute atomic E-state index is 0.303. The maximum absolute atomic E-state index is 10.9. The maximum Gasteiger partial charge on any atom is 0.407 e. The highest BCUT2D eigenvalue weighted by molar-refractivity contribution is 5.67. The highest BCUT2D eigenvalue weighted by atomic mass is 16.5. The Bertz CT molecular complexity index is 211. The van der Waals surface area contributed by atoms with Crippen LogP contribution >= 0.6 is 0 Å². The van der Waals surface area contributed by atoms with Crippen molar-refractivity contribution in [2.75, 3.05) is 7.11 Å². The Balaban J connectivity index is 1.95. The molecule has 1 amide bonds. The molecular weight excluding hydrogens is 154 g/mol. The summed E-state index contributed by atoms with van der Waals surface area (Å²) in [6.07, 6.45) is 6.51. The van der Waals surface area contributed by atoms with E-state index in [0.717, 1.165) is 0 Å². The average molecular weight is 167 g/mol. The van der Waals surface area contributed by atoms with Crippen LogP contribution in [0.5, 0.6) is 0 Å². The molecule has 0 heterocycles. The van der Waals surface area contributed by atoms with Crippen molar-refractivity contribution in [3.8, 4) is 0 Å². The lowest BCUT2D eigenvalue weighted by Gasteiger charge is -2.16. The molecule has 66 valence electrons. The summed E-state index contributed by atoms with van der Waals surface area (Å²) in [7, 11) is 1.40. The number of carbonyl (C=O) groups is 1. The predicted molar refractivity (Wildman–Crippen MR) is 44.7 cm³/mol. The van der Waals surface area contributed by atoms with Gasteiger partial charge in [-0.25, -0.2) is 4.79 Å². The fourth-order valence-electron chi connectivity index (χ4n) is 2.19. The fourth-order valence-corrected chi connectivity index (χ4v) is 2.19. The van der Waals surface area contributed by atoms with Crippen LogP contribution in [-0.4, -0.2) is 19.2 Å². The Morgan fingerprint density at radius 2 is 2.00 bits per heavy atom. The molecule has 0 aliphatic heterocycles. The van der Waals surface area contributed by atoms with Gasteiger partial charge in [-0.05, 0) is 24.7 Å². The van der Waals surface area contributed by atoms with Crippen LogP contribution in [0.1, 0.15) is 12.8 Å². The maximum atomic E-state index is 10.9. The van der Waals surface area contributed by atoms with Gasteiger partial charge in [-0.3, -0.25) is 0 Å². The van der Waals surface area contributed by atoms with E-state index in [4.69, 9.17) is 0 Å². The zero-order valence-electron chi connectivity index (χ0n) is 7.12. The van der Waals surface area contributed by atoms with E-state index in [1.807, 2.05) is 0 Å². The van der Waals surface area contributed by atoms with Gasteiger partial charge in [0.2, 0.25) is 0 Å². The number of nitrogens with one attached hydrogen (secondary N) is 1. The van der Waals surface area contributed by atoms with Crippen molar-refractivity contribution in [3.63, 3.8) is 0 Å². The summed E-state index contributed by atoms with van der Waals surface area (Å²) >= 11 is 0. The molecule has 0 aromatic heterocycles. The molecule has 0 aromatic rings. The quantitative estimate of drug-likeness (QED) is 0.598. The Morgan fingerprint density at radius 1 is 1.42 bits per heavy atom. The summed E-state index contributed by atoms with van der Waals surface area (Å²) in [6.45, 7) is 0. The van der Waals surface area contributed by atoms with E-state index in [1.165, 1.54) is 20.0 Å². The van der Waals surface area contributed by atoms with Gasteiger partial charge in [-0.1, -0.05) is 12.2 Å². The Hall–Kier alpha value is -0.990. The van der Waals surface area contributed by atoms with Crippen LogP contribution in [0.25, 0.3) is 0 Å². The first-order valence-corrected chi connectivity index (χ1v) is 4.34. The van der Waals surface area contributed by atoms with Gasteiger partial charge in [0.25, 0.3) is 0 Å². The lowest BCUT2D eigenvalue weighted by molar-refractivity contribution is 0.164. The van der Waals surface area contributed by atoms with E-state index >= 15 is 0 Å². The van der Waals surface area contributed by atoms with Gasteiger partial charge >= 0.3 is 6.09 Å². The number of hydrogen-bond acceptors (Lipinski definition) is 2. The summed E-state index contributed by atoms with van der Waals surface area (Å²) in [5.41, 5.74) is 0. The number of alkyl carbamates (subject to hydrolysis) is 1. The smallest absolute Gasteiger partial charge is 0.407 e. The van der Waals surface area contributed by atoms with Crippen molar-refractivity contribution in [2.24, 2.45) is 11.8 Å². The fraction of sp³-hybridized carbons (Fsp3) is 0.667. The van der Waals surface area contributed by atoms with Gasteiger partial charge in [-0.2, -0.15) is 0 Å². The molecule has 1 unspecified atom stereocenters. The Labute approximate surface area is 71.8 Å². The van der Waals surface area contributed by atoms with Crippen molar-refractivity contribution >= 4 is 6.09 Å². The second-order valence-electron chi connectivity index (χ2n) is 3.45. The van der Waals surface area contributed by atoms with Gasteiger partial charge < -0.3 is 10.1 Å². The predicted octanol–water partition coefficient (Wildman–Crippen LogP) is 1.31. The molecule has 0 aromatic carbocycles. The zero-order chi connectivity index (χ0) is 8.55. The van der Waals surface area contributed by atoms with Gasteiger partial charge in [0.1, 0.15) is 0 Å². The van der Waals surface area contributed by atoms with Crippen molar-refractivity contribution < 1.29 is 9.53 Å². The highest BCUT2D eigenvalue weighted by Crippen LogP contribution is 2.38. The molecule has 12 heavy (non-hydrogen) atoms. The van der Waals surface area contributed by atoms with Crippen LogP contribution in [-0.2, 0) is 4.74 Å². The molecule has 2 rings (SSSR count). The minimum Gasteiger partial charge on any atom is -0.453 e. The van der Waals surface area contributed by atoms with Gasteiger partial charge in [-0.15, -0.1) is 0 Å². The second-order valence-corrected chi connectivity index (χ2v) is 3.45. The molecule has 3 heteroatoms. The third-order valence-corrected chi connectivity index (χ3v) is 2.83. The first-order chi connectivity index (χ1) is 5.81. The molecule has 0 saturated heterocycles. The van der Waals surface area contributed by atoms with E-state index in [1.54, 1.807) is 0 Å². The van der Waals surface area contributed by atoms with Crippen LogP contribution in [0, 0.1) is 11.8 Å². The number of fused-ring (bicyclic) bond motifs is 2. The second kappa shape index (κ2) is 2.81. The lowest BCUT2D eigenvalue weighted by Crippen LogP contribution is -2.38. The van der Waals surface area contributed by atoms with Crippen molar-refractivity contribution in [1.29, 1.82) is 0 Å². The molecule has 0 radical (unpaired) electrons. The summed E-state index contributed by atoms with van der Waals surface area (Å²) in [5, 5.41) is 2.87. The lowest BCUT2D eigenvalue weighted by atomic mass is 10.1. The van der Waals surface area contributed by atoms with Crippen molar-refractivity contribution in [2.45, 2.75) is 18.9 Å². The normalized spacial score (nSPS) is 36.9. The number of ether oxygens (including phenoxy) is 1. The van der Waals surface area contributed by atoms with E-state index in [9.17, 15) is 4.79 Å². The first-order valence-electron chi connectivity index (χ1n) is 4.34. The first kappa shape index (κ1) is 7.65. The molecule has 0 spiro atoms. The molecule has 3 atom stereocenters. The highest BCUT2D eigenvalue weighted by Gasteiger charge is 2.38. The van der Waals surface area contributed by atoms with Gasteiger partial charge in [0.15, 0.2) is 0 Å². The number of hydrogen-bond donors (Lipinski definition) is 1. The monoisotopic (exact) mass is 167 g/mol. The molecule has 2 aliphatic rings. The standard InChI is InChI=1S/C9H13NO2/c1-12-9(11)10-8-6-2-3-7(8)5-4-6/h2-3,6-8H,4-5H2,1H3,(H,10,11)/t6-,7+,8?. The van der Waals surface area contributed by atoms with Crippen LogP contribution in [0.15, 0.2) is 12.2 Å². The van der Waals surface area contributed by atoms with E-state index in [0.29, 0.717) is 17.9 Å². The largest absolute Gasteiger partial charge is 0.453 e. The topological polar surface area (TPSA) is 38.3 Å². The third kappa shape index (κ3) is 1.09. The van der Waals surface area contributed by atoms with Crippen LogP contribution in [0.3, 0.4) is 0 Å². The van der Waals surface area contributed by atoms with Crippen molar-refractivity contribution in [3.05, 3.63) is 12.2 Å². The summed E-state index contributed by atoms with van der Waals surface area (Å²) in [5.74, 6) is 1.10. The average Bonchev–Trinajstić information content (AvgIpc) is 2.65. The van der Waals surface area contributed by atoms with Gasteiger partial charge in [0.05, 0.1) is 7.11 Å². The molecular formula is C9H13NO2. The Kier molecular flexibility index (Phi) is 1.79. The van der Waals surface area contributed by atoms with Crippen LogP contribution in [0.2, 0.25) is 0 Å². The molecule has 1 saturated carbocycles. The molecule has 3 nitrogen and oxygen atoms in total. The number of amides is 1. The zero-order valence-corrected chi connectivity index (χ0v) is 7.12. The molecule has 1 fully saturated rings. The van der Waals surface area contributed by atoms with Gasteiger partial charge in [0, 0.05) is 6.04 Å². The Morgan fingerprint density at radius 3 is 2.42 bits per heavy atom.